The van der Waals surface area contributed by atoms with E-state index in [0.29, 0.717) is 12.4 Å². The summed E-state index contributed by atoms with van der Waals surface area (Å²) in [7, 11) is 1.68. The average molecular weight is 201 g/mol. The minimum Gasteiger partial charge on any atom is -0.446 e. The molecule has 3 nitrogen and oxygen atoms in total. The van der Waals surface area contributed by atoms with Crippen molar-refractivity contribution in [3.8, 4) is 6.07 Å². The number of hydrogen-bond donors (Lipinski definition) is 0. The highest BCUT2D eigenvalue weighted by Gasteiger charge is 2.03. The summed E-state index contributed by atoms with van der Waals surface area (Å²) in [5.41, 5.74) is 1.95. The van der Waals surface area contributed by atoms with Crippen LogP contribution < -0.4 is 0 Å². The molecule has 0 atom stereocenters. The van der Waals surface area contributed by atoms with E-state index in [9.17, 15) is 0 Å². The van der Waals surface area contributed by atoms with E-state index < -0.39 is 0 Å². The minimum atomic E-state index is 0.355. The van der Waals surface area contributed by atoms with Gasteiger partial charge in [0.1, 0.15) is 11.7 Å². The van der Waals surface area contributed by atoms with Gasteiger partial charge in [0.2, 0.25) is 5.76 Å². The van der Waals surface area contributed by atoms with Crippen LogP contribution in [-0.2, 0) is 11.2 Å². The normalized spacial score (nSPS) is 10.4. The van der Waals surface area contributed by atoms with Crippen molar-refractivity contribution >= 4 is 11.0 Å². The molecule has 0 bridgehead atoms. The predicted molar refractivity (Wildman–Crippen MR) is 56.5 cm³/mol. The van der Waals surface area contributed by atoms with Crippen molar-refractivity contribution < 1.29 is 9.15 Å². The Hall–Kier alpha value is -1.79. The van der Waals surface area contributed by atoms with Crippen molar-refractivity contribution in [2.24, 2.45) is 0 Å². The zero-order valence-corrected chi connectivity index (χ0v) is 8.49. The monoisotopic (exact) mass is 201 g/mol. The van der Waals surface area contributed by atoms with Crippen LogP contribution in [0.25, 0.3) is 11.0 Å². The van der Waals surface area contributed by atoms with Crippen LogP contribution in [0.4, 0.5) is 0 Å². The van der Waals surface area contributed by atoms with Crippen LogP contribution in [0.1, 0.15) is 11.3 Å². The third-order valence-corrected chi connectivity index (χ3v) is 2.29. The summed E-state index contributed by atoms with van der Waals surface area (Å²) < 4.78 is 10.3. The van der Waals surface area contributed by atoms with Crippen LogP contribution >= 0.6 is 0 Å². The van der Waals surface area contributed by atoms with Crippen LogP contribution in [0, 0.1) is 11.3 Å². The molecule has 76 valence electrons. The second-order valence-electron chi connectivity index (χ2n) is 3.34. The van der Waals surface area contributed by atoms with Gasteiger partial charge in [-0.15, -0.1) is 0 Å². The van der Waals surface area contributed by atoms with Gasteiger partial charge in [0.15, 0.2) is 0 Å². The fourth-order valence-corrected chi connectivity index (χ4v) is 1.52. The first-order valence-electron chi connectivity index (χ1n) is 4.75. The van der Waals surface area contributed by atoms with Gasteiger partial charge >= 0.3 is 0 Å². The highest BCUT2D eigenvalue weighted by Crippen LogP contribution is 2.20. The smallest absolute Gasteiger partial charge is 0.204 e. The summed E-state index contributed by atoms with van der Waals surface area (Å²) in [5, 5.41) is 9.66. The lowest BCUT2D eigenvalue weighted by atomic mass is 10.1. The molecule has 0 radical (unpaired) electrons. The van der Waals surface area contributed by atoms with Gasteiger partial charge in [0.25, 0.3) is 0 Å². The average Bonchev–Trinajstić information content (AvgIpc) is 2.68. The Labute approximate surface area is 87.9 Å². The molecule has 0 aliphatic heterocycles. The van der Waals surface area contributed by atoms with E-state index in [1.165, 1.54) is 5.56 Å². The largest absolute Gasteiger partial charge is 0.446 e. The zero-order valence-electron chi connectivity index (χ0n) is 8.49. The Morgan fingerprint density at radius 3 is 3.00 bits per heavy atom. The lowest BCUT2D eigenvalue weighted by molar-refractivity contribution is 0.202. The van der Waals surface area contributed by atoms with E-state index in [-0.39, 0.29) is 0 Å². The molecule has 15 heavy (non-hydrogen) atoms. The Balaban J connectivity index is 2.34. The van der Waals surface area contributed by atoms with Crippen LogP contribution in [0.15, 0.2) is 28.7 Å². The van der Waals surface area contributed by atoms with Crippen molar-refractivity contribution in [3.05, 3.63) is 35.6 Å². The van der Waals surface area contributed by atoms with Gasteiger partial charge in [-0.1, -0.05) is 6.07 Å². The third kappa shape index (κ3) is 2.00. The molecule has 0 fully saturated rings. The number of furan rings is 1. The maximum absolute atomic E-state index is 8.69. The minimum absolute atomic E-state index is 0.355. The Morgan fingerprint density at radius 1 is 1.40 bits per heavy atom. The van der Waals surface area contributed by atoms with Crippen molar-refractivity contribution in [2.45, 2.75) is 6.42 Å². The molecule has 3 heteroatoms. The van der Waals surface area contributed by atoms with Gasteiger partial charge in [0.05, 0.1) is 6.61 Å². The fourth-order valence-electron chi connectivity index (χ4n) is 1.52. The quantitative estimate of drug-likeness (QED) is 0.766. The number of rotatable bonds is 3. The Morgan fingerprint density at radius 2 is 2.27 bits per heavy atom. The van der Waals surface area contributed by atoms with E-state index in [2.05, 4.69) is 0 Å². The molecule has 0 amide bonds. The highest BCUT2D eigenvalue weighted by atomic mass is 16.5. The maximum Gasteiger partial charge on any atom is 0.204 e. The topological polar surface area (TPSA) is 46.2 Å². The molecule has 0 saturated heterocycles. The van der Waals surface area contributed by atoms with Crippen molar-refractivity contribution in [3.63, 3.8) is 0 Å². The van der Waals surface area contributed by atoms with Crippen molar-refractivity contribution in [2.75, 3.05) is 13.7 Å². The molecule has 1 aromatic heterocycles. The first-order valence-corrected chi connectivity index (χ1v) is 4.75. The fraction of sp³-hybridized carbons (Fsp3) is 0.250. The number of benzene rings is 1. The zero-order chi connectivity index (χ0) is 10.7. The van der Waals surface area contributed by atoms with Crippen LogP contribution in [-0.4, -0.2) is 13.7 Å². The highest BCUT2D eigenvalue weighted by molar-refractivity contribution is 5.79. The summed E-state index contributed by atoms with van der Waals surface area (Å²) >= 11 is 0. The van der Waals surface area contributed by atoms with Crippen molar-refractivity contribution in [1.29, 1.82) is 5.26 Å². The molecule has 0 aliphatic rings. The van der Waals surface area contributed by atoms with Gasteiger partial charge < -0.3 is 9.15 Å². The summed E-state index contributed by atoms with van der Waals surface area (Å²) in [4.78, 5) is 0. The number of nitriles is 1. The lowest BCUT2D eigenvalue weighted by Crippen LogP contribution is -1.93. The third-order valence-electron chi connectivity index (χ3n) is 2.29. The molecular formula is C12H11NO2. The van der Waals surface area contributed by atoms with Gasteiger partial charge in [-0.3, -0.25) is 0 Å². The molecule has 2 rings (SSSR count). The van der Waals surface area contributed by atoms with Gasteiger partial charge in [-0.05, 0) is 24.1 Å². The Kier molecular flexibility index (Phi) is 2.70. The van der Waals surface area contributed by atoms with Gasteiger partial charge in [-0.25, -0.2) is 0 Å². The molecule has 2 aromatic rings. The second-order valence-corrected chi connectivity index (χ2v) is 3.34. The molecule has 0 saturated carbocycles. The second kappa shape index (κ2) is 4.16. The number of methoxy groups -OCH3 is 1. The van der Waals surface area contributed by atoms with E-state index in [1.54, 1.807) is 13.2 Å². The van der Waals surface area contributed by atoms with E-state index >= 15 is 0 Å². The van der Waals surface area contributed by atoms with Crippen LogP contribution in [0.5, 0.6) is 0 Å². The number of hydrogen-bond acceptors (Lipinski definition) is 3. The van der Waals surface area contributed by atoms with Gasteiger partial charge in [-0.2, -0.15) is 5.26 Å². The molecule has 0 aliphatic carbocycles. The molecular weight excluding hydrogens is 190 g/mol. The van der Waals surface area contributed by atoms with Crippen LogP contribution in [0.3, 0.4) is 0 Å². The summed E-state index contributed by atoms with van der Waals surface area (Å²) in [6.07, 6.45) is 0.875. The SMILES string of the molecule is COCCc1ccc2oc(C#N)cc2c1. The predicted octanol–water partition coefficient (Wildman–Crippen LogP) is 2.49. The first-order chi connectivity index (χ1) is 7.33. The van der Waals surface area contributed by atoms with E-state index in [1.807, 2.05) is 24.3 Å². The van der Waals surface area contributed by atoms with E-state index in [0.717, 1.165) is 17.4 Å². The molecule has 1 aromatic carbocycles. The molecule has 0 N–H and O–H groups in total. The molecule has 1 heterocycles. The molecule has 0 unspecified atom stereocenters. The summed E-state index contributed by atoms with van der Waals surface area (Å²) in [6, 6.07) is 9.65. The van der Waals surface area contributed by atoms with Crippen molar-refractivity contribution in [1.82, 2.24) is 0 Å². The number of nitrogens with zero attached hydrogens (tertiary/aromatic N) is 1. The summed E-state index contributed by atoms with van der Waals surface area (Å²) in [6.45, 7) is 0.703. The van der Waals surface area contributed by atoms with Crippen LogP contribution in [0.2, 0.25) is 0 Å². The summed E-state index contributed by atoms with van der Waals surface area (Å²) in [5.74, 6) is 0.355. The lowest BCUT2D eigenvalue weighted by Gasteiger charge is -1.99. The Bertz CT molecular complexity index is 508. The van der Waals surface area contributed by atoms with Gasteiger partial charge in [0, 0.05) is 18.6 Å². The number of fused-ring (bicyclic) bond motifs is 1. The maximum atomic E-state index is 8.69. The molecule has 0 spiro atoms. The first kappa shape index (κ1) is 9.75. The standard InChI is InChI=1S/C12H11NO2/c1-14-5-4-9-2-3-12-10(6-9)7-11(8-13)15-12/h2-3,6-7H,4-5H2,1H3. The number of ether oxygens (including phenoxy) is 1. The van der Waals surface area contributed by atoms with E-state index in [4.69, 9.17) is 14.4 Å².